The fourth-order valence-corrected chi connectivity index (χ4v) is 4.09. The minimum absolute atomic E-state index is 0.129. The topological polar surface area (TPSA) is 25.2 Å². The molecule has 0 aliphatic carbocycles. The van der Waals surface area contributed by atoms with Crippen molar-refractivity contribution in [3.63, 3.8) is 0 Å². The van der Waals surface area contributed by atoms with Gasteiger partial charge in [-0.3, -0.25) is 9.98 Å². The lowest BCUT2D eigenvalue weighted by molar-refractivity contribution is 0.747. The first kappa shape index (κ1) is 16.0. The summed E-state index contributed by atoms with van der Waals surface area (Å²) in [6.07, 6.45) is 6.20. The average molecular weight is 348 g/mol. The van der Waals surface area contributed by atoms with Crippen molar-refractivity contribution in [3.05, 3.63) is 90.1 Å². The maximum Gasteiger partial charge on any atom is 0.0707 e. The zero-order valence-electron chi connectivity index (χ0n) is 15.5. The maximum atomic E-state index is 4.96. The van der Waals surface area contributed by atoms with E-state index in [4.69, 9.17) is 4.99 Å². The van der Waals surface area contributed by atoms with Crippen molar-refractivity contribution in [2.75, 3.05) is 0 Å². The molecule has 3 aromatic carbocycles. The van der Waals surface area contributed by atoms with E-state index in [9.17, 15) is 0 Å². The van der Waals surface area contributed by atoms with Gasteiger partial charge >= 0.3 is 0 Å². The molecule has 1 aliphatic heterocycles. The second-order valence-corrected chi connectivity index (χ2v) is 7.55. The molecule has 0 fully saturated rings. The van der Waals surface area contributed by atoms with Crippen molar-refractivity contribution >= 4 is 39.2 Å². The fraction of sp³-hybridized carbons (Fsp3) is 0.120. The van der Waals surface area contributed by atoms with Crippen molar-refractivity contribution in [1.29, 1.82) is 0 Å². The van der Waals surface area contributed by atoms with Gasteiger partial charge in [-0.1, -0.05) is 68.5 Å². The molecular weight excluding hydrogens is 328 g/mol. The van der Waals surface area contributed by atoms with Crippen molar-refractivity contribution in [1.82, 2.24) is 4.98 Å². The van der Waals surface area contributed by atoms with Crippen molar-refractivity contribution in [2.45, 2.75) is 19.3 Å². The molecule has 2 heteroatoms. The standard InChI is InChI=1S/C25H20N2/c1-25(2)23(14-12-18-15-16-26-21-10-6-5-8-19(18)21)27-22-13-11-17-7-3-4-9-20(17)24(22)25/h3-16H,1-2H3/b14-12+. The van der Waals surface area contributed by atoms with Gasteiger partial charge in [0.2, 0.25) is 0 Å². The van der Waals surface area contributed by atoms with Crippen LogP contribution in [0.4, 0.5) is 5.69 Å². The number of aliphatic imine (C=N–C) groups is 1. The SMILES string of the molecule is CC1(C)C(/C=C/c2ccnc3ccccc23)=Nc2ccc3ccccc3c21. The molecule has 0 unspecified atom stereocenters. The Bertz CT molecular complexity index is 1240. The van der Waals surface area contributed by atoms with Gasteiger partial charge < -0.3 is 0 Å². The predicted octanol–water partition coefficient (Wildman–Crippen LogP) is 6.47. The van der Waals surface area contributed by atoms with Gasteiger partial charge in [-0.05, 0) is 46.2 Å². The number of allylic oxidation sites excluding steroid dienone is 1. The lowest BCUT2D eigenvalue weighted by Crippen LogP contribution is -2.24. The predicted molar refractivity (Wildman–Crippen MR) is 115 cm³/mol. The summed E-state index contributed by atoms with van der Waals surface area (Å²) in [6, 6.07) is 23.2. The fourth-order valence-electron chi connectivity index (χ4n) is 4.09. The van der Waals surface area contributed by atoms with Crippen LogP contribution in [0.25, 0.3) is 27.8 Å². The molecule has 0 N–H and O–H groups in total. The quantitative estimate of drug-likeness (QED) is 0.408. The van der Waals surface area contributed by atoms with E-state index in [1.807, 2.05) is 18.3 Å². The maximum absolute atomic E-state index is 4.96. The number of benzene rings is 3. The number of aromatic nitrogens is 1. The highest BCUT2D eigenvalue weighted by molar-refractivity contribution is 6.14. The van der Waals surface area contributed by atoms with Gasteiger partial charge in [0.25, 0.3) is 0 Å². The van der Waals surface area contributed by atoms with Gasteiger partial charge in [0.05, 0.1) is 16.9 Å². The molecule has 0 saturated heterocycles. The number of pyridine rings is 1. The number of nitrogens with zero attached hydrogens (tertiary/aromatic N) is 2. The van der Waals surface area contributed by atoms with Crippen LogP contribution in [0.5, 0.6) is 0 Å². The Morgan fingerprint density at radius 3 is 2.44 bits per heavy atom. The summed E-state index contributed by atoms with van der Waals surface area (Å²) in [6.45, 7) is 4.53. The minimum Gasteiger partial charge on any atom is -0.256 e. The van der Waals surface area contributed by atoms with Crippen molar-refractivity contribution in [2.24, 2.45) is 4.99 Å². The number of rotatable bonds is 2. The second-order valence-electron chi connectivity index (χ2n) is 7.55. The Morgan fingerprint density at radius 1 is 0.778 bits per heavy atom. The van der Waals surface area contributed by atoms with Gasteiger partial charge in [-0.25, -0.2) is 0 Å². The highest BCUT2D eigenvalue weighted by Crippen LogP contribution is 2.44. The molecule has 1 aromatic heterocycles. The van der Waals surface area contributed by atoms with Crippen molar-refractivity contribution in [3.8, 4) is 0 Å². The first-order valence-electron chi connectivity index (χ1n) is 9.28. The monoisotopic (exact) mass is 348 g/mol. The molecule has 5 rings (SSSR count). The van der Waals surface area contributed by atoms with Gasteiger partial charge in [0, 0.05) is 17.0 Å². The molecule has 0 amide bonds. The van der Waals surface area contributed by atoms with E-state index in [0.717, 1.165) is 22.3 Å². The van der Waals surface area contributed by atoms with Crippen LogP contribution in [0.15, 0.2) is 84.0 Å². The van der Waals surface area contributed by atoms with E-state index in [2.05, 4.69) is 85.6 Å². The summed E-state index contributed by atoms with van der Waals surface area (Å²) in [5.74, 6) is 0. The molecule has 0 saturated carbocycles. The Morgan fingerprint density at radius 2 is 1.56 bits per heavy atom. The molecule has 1 aliphatic rings. The highest BCUT2D eigenvalue weighted by Gasteiger charge is 2.34. The molecular formula is C25H20N2. The molecule has 0 atom stereocenters. The molecule has 2 heterocycles. The second kappa shape index (κ2) is 5.88. The first-order valence-corrected chi connectivity index (χ1v) is 9.28. The molecule has 130 valence electrons. The third-order valence-electron chi connectivity index (χ3n) is 5.52. The van der Waals surface area contributed by atoms with Crippen LogP contribution >= 0.6 is 0 Å². The van der Waals surface area contributed by atoms with Crippen LogP contribution in [0.2, 0.25) is 0 Å². The van der Waals surface area contributed by atoms with Crippen LogP contribution in [0.3, 0.4) is 0 Å². The van der Waals surface area contributed by atoms with Crippen LogP contribution < -0.4 is 0 Å². The van der Waals surface area contributed by atoms with E-state index in [0.29, 0.717) is 0 Å². The summed E-state index contributed by atoms with van der Waals surface area (Å²) < 4.78 is 0. The summed E-state index contributed by atoms with van der Waals surface area (Å²) >= 11 is 0. The Labute approximate surface area is 158 Å². The van der Waals surface area contributed by atoms with Gasteiger partial charge in [0.1, 0.15) is 0 Å². The van der Waals surface area contributed by atoms with E-state index >= 15 is 0 Å². The number of hydrogen-bond acceptors (Lipinski definition) is 2. The highest BCUT2D eigenvalue weighted by atomic mass is 14.8. The molecule has 0 radical (unpaired) electrons. The Balaban J connectivity index is 1.60. The largest absolute Gasteiger partial charge is 0.256 e. The van der Waals surface area contributed by atoms with Crippen LogP contribution in [0.1, 0.15) is 25.0 Å². The zero-order chi connectivity index (χ0) is 18.4. The molecule has 0 spiro atoms. The number of hydrogen-bond donors (Lipinski definition) is 0. The molecule has 27 heavy (non-hydrogen) atoms. The van der Waals surface area contributed by atoms with Crippen molar-refractivity contribution < 1.29 is 0 Å². The van der Waals surface area contributed by atoms with Gasteiger partial charge in [0.15, 0.2) is 0 Å². The van der Waals surface area contributed by atoms with E-state index in [1.165, 1.54) is 21.9 Å². The minimum atomic E-state index is -0.129. The number of fused-ring (bicyclic) bond motifs is 4. The lowest BCUT2D eigenvalue weighted by Gasteiger charge is -2.22. The zero-order valence-corrected chi connectivity index (χ0v) is 15.5. The summed E-state index contributed by atoms with van der Waals surface area (Å²) in [5, 5.41) is 3.72. The normalized spacial score (nSPS) is 15.4. The summed E-state index contributed by atoms with van der Waals surface area (Å²) in [4.78, 5) is 9.42. The Kier molecular flexibility index (Phi) is 3.48. The van der Waals surface area contributed by atoms with Crippen LogP contribution in [-0.4, -0.2) is 10.7 Å². The molecule has 2 nitrogen and oxygen atoms in total. The molecule has 0 bridgehead atoms. The van der Waals surface area contributed by atoms with Gasteiger partial charge in [-0.2, -0.15) is 0 Å². The van der Waals surface area contributed by atoms with E-state index in [1.54, 1.807) is 0 Å². The summed E-state index contributed by atoms with van der Waals surface area (Å²) in [5.41, 5.74) is 5.55. The van der Waals surface area contributed by atoms with Crippen LogP contribution in [-0.2, 0) is 5.41 Å². The smallest absolute Gasteiger partial charge is 0.0707 e. The average Bonchev–Trinajstić information content (AvgIpc) is 2.96. The van der Waals surface area contributed by atoms with Gasteiger partial charge in [-0.15, -0.1) is 0 Å². The third kappa shape index (κ3) is 2.48. The Hall–Kier alpha value is -3.26. The van der Waals surface area contributed by atoms with E-state index in [-0.39, 0.29) is 5.41 Å². The lowest BCUT2D eigenvalue weighted by atomic mass is 9.79. The summed E-state index contributed by atoms with van der Waals surface area (Å²) in [7, 11) is 0. The first-order chi connectivity index (χ1) is 13.1. The third-order valence-corrected chi connectivity index (χ3v) is 5.52. The number of para-hydroxylation sites is 1. The molecule has 4 aromatic rings. The van der Waals surface area contributed by atoms with E-state index < -0.39 is 0 Å². The van der Waals surface area contributed by atoms with Crippen LogP contribution in [0, 0.1) is 0 Å².